The highest BCUT2D eigenvalue weighted by atomic mass is 32.2. The molecular formula is C12H18N2O4S. The summed E-state index contributed by atoms with van der Waals surface area (Å²) in [7, 11) is -3.44. The first-order valence-corrected chi connectivity index (χ1v) is 7.56. The fraction of sp³-hybridized carbons (Fsp3) is 0.500. The van der Waals surface area contributed by atoms with E-state index in [1.165, 1.54) is 0 Å². The Labute approximate surface area is 113 Å². The molecule has 106 valence electrons. The third-order valence-electron chi connectivity index (χ3n) is 1.90. The summed E-state index contributed by atoms with van der Waals surface area (Å²) in [5, 5.41) is 2.56. The average molecular weight is 286 g/mol. The molecule has 1 amide bonds. The number of hydrogen-bond donors (Lipinski definition) is 1. The van der Waals surface area contributed by atoms with Crippen molar-refractivity contribution in [1.82, 2.24) is 5.32 Å². The van der Waals surface area contributed by atoms with Gasteiger partial charge >= 0.3 is 6.09 Å². The van der Waals surface area contributed by atoms with E-state index in [4.69, 9.17) is 4.74 Å². The molecule has 19 heavy (non-hydrogen) atoms. The highest BCUT2D eigenvalue weighted by Gasteiger charge is 2.18. The summed E-state index contributed by atoms with van der Waals surface area (Å²) < 4.78 is 30.8. The Morgan fingerprint density at radius 2 is 2.05 bits per heavy atom. The van der Waals surface area contributed by atoms with Crippen molar-refractivity contribution in [3.63, 3.8) is 0 Å². The number of ether oxygens (including phenoxy) is 1. The van der Waals surface area contributed by atoms with Crippen molar-refractivity contribution in [1.29, 1.82) is 0 Å². The third kappa shape index (κ3) is 6.76. The normalized spacial score (nSPS) is 18.1. The topological polar surface area (TPSA) is 84.8 Å². The van der Waals surface area contributed by atoms with E-state index in [0.29, 0.717) is 11.4 Å². The first-order chi connectivity index (χ1) is 8.55. The summed E-state index contributed by atoms with van der Waals surface area (Å²) in [5.41, 5.74) is 0.328. The van der Waals surface area contributed by atoms with Gasteiger partial charge in [0.25, 0.3) is 0 Å². The third-order valence-corrected chi connectivity index (χ3v) is 2.47. The molecule has 0 heterocycles. The van der Waals surface area contributed by atoms with Gasteiger partial charge in [-0.15, -0.1) is 0 Å². The van der Waals surface area contributed by atoms with Crippen LogP contribution in [-0.2, 0) is 14.8 Å². The van der Waals surface area contributed by atoms with E-state index in [1.54, 1.807) is 39.0 Å². The SMILES string of the molecule is CC(C)(C)OC(=O)NC1=CC=CC(=NS(C)(=O)=O)C1. The molecule has 1 aliphatic carbocycles. The Morgan fingerprint density at radius 1 is 1.42 bits per heavy atom. The summed E-state index contributed by atoms with van der Waals surface area (Å²) in [5.74, 6) is 0. The number of sulfonamides is 1. The van der Waals surface area contributed by atoms with Crippen LogP contribution in [0, 0.1) is 0 Å². The molecule has 1 aliphatic rings. The summed E-state index contributed by atoms with van der Waals surface area (Å²) >= 11 is 0. The van der Waals surface area contributed by atoms with Crippen LogP contribution >= 0.6 is 0 Å². The minimum atomic E-state index is -3.44. The second kappa shape index (κ2) is 5.56. The smallest absolute Gasteiger partial charge is 0.411 e. The van der Waals surface area contributed by atoms with E-state index in [0.717, 1.165) is 6.26 Å². The van der Waals surface area contributed by atoms with E-state index < -0.39 is 21.7 Å². The van der Waals surface area contributed by atoms with Crippen LogP contribution in [0.2, 0.25) is 0 Å². The van der Waals surface area contributed by atoms with Crippen molar-refractivity contribution in [2.45, 2.75) is 32.8 Å². The van der Waals surface area contributed by atoms with Crippen molar-refractivity contribution in [2.75, 3.05) is 6.26 Å². The van der Waals surface area contributed by atoms with Crippen LogP contribution in [-0.4, -0.2) is 32.1 Å². The molecule has 0 atom stereocenters. The van der Waals surface area contributed by atoms with Gasteiger partial charge in [-0.2, -0.15) is 4.40 Å². The van der Waals surface area contributed by atoms with Crippen molar-refractivity contribution < 1.29 is 17.9 Å². The molecule has 0 aliphatic heterocycles. The van der Waals surface area contributed by atoms with Gasteiger partial charge in [-0.05, 0) is 32.9 Å². The maximum Gasteiger partial charge on any atom is 0.411 e. The van der Waals surface area contributed by atoms with Crippen molar-refractivity contribution in [2.24, 2.45) is 4.40 Å². The minimum absolute atomic E-state index is 0.239. The Hall–Kier alpha value is -1.63. The molecule has 1 rings (SSSR count). The number of hydrogen-bond acceptors (Lipinski definition) is 4. The van der Waals surface area contributed by atoms with E-state index in [-0.39, 0.29) is 6.42 Å². The molecule has 0 saturated heterocycles. The predicted octanol–water partition coefficient (Wildman–Crippen LogP) is 1.76. The molecule has 0 aromatic rings. The second-order valence-corrected chi connectivity index (χ2v) is 6.82. The highest BCUT2D eigenvalue weighted by Crippen LogP contribution is 2.11. The van der Waals surface area contributed by atoms with Gasteiger partial charge in [0.05, 0.1) is 12.0 Å². The van der Waals surface area contributed by atoms with Crippen molar-refractivity contribution in [3.8, 4) is 0 Å². The van der Waals surface area contributed by atoms with Crippen LogP contribution in [0.1, 0.15) is 27.2 Å². The van der Waals surface area contributed by atoms with Gasteiger partial charge in [-0.25, -0.2) is 13.2 Å². The molecule has 0 radical (unpaired) electrons. The van der Waals surface area contributed by atoms with Crippen LogP contribution in [0.4, 0.5) is 4.79 Å². The number of rotatable bonds is 2. The number of nitrogens with one attached hydrogen (secondary N) is 1. The summed E-state index contributed by atoms with van der Waals surface area (Å²) in [4.78, 5) is 11.6. The molecule has 6 nitrogen and oxygen atoms in total. The highest BCUT2D eigenvalue weighted by molar-refractivity contribution is 7.89. The minimum Gasteiger partial charge on any atom is -0.444 e. The van der Waals surface area contributed by atoms with Gasteiger partial charge in [-0.3, -0.25) is 5.32 Å². The van der Waals surface area contributed by atoms with Crippen molar-refractivity contribution >= 4 is 21.8 Å². The van der Waals surface area contributed by atoms with Gasteiger partial charge in [0.1, 0.15) is 5.60 Å². The maximum absolute atomic E-state index is 11.6. The first kappa shape index (κ1) is 15.4. The van der Waals surface area contributed by atoms with Crippen LogP contribution in [0.3, 0.4) is 0 Å². The summed E-state index contributed by atoms with van der Waals surface area (Å²) in [6.07, 6.45) is 5.57. The van der Waals surface area contributed by atoms with Crippen LogP contribution < -0.4 is 5.32 Å². The lowest BCUT2D eigenvalue weighted by atomic mass is 10.1. The lowest BCUT2D eigenvalue weighted by Gasteiger charge is -2.21. The molecule has 0 saturated carbocycles. The van der Waals surface area contributed by atoms with Crippen LogP contribution in [0.25, 0.3) is 0 Å². The first-order valence-electron chi connectivity index (χ1n) is 5.71. The molecule has 0 aromatic carbocycles. The molecule has 0 aromatic heterocycles. The Morgan fingerprint density at radius 3 is 2.58 bits per heavy atom. The molecule has 0 spiro atoms. The van der Waals surface area contributed by atoms with Crippen LogP contribution in [0.15, 0.2) is 28.3 Å². The second-order valence-electron chi connectivity index (χ2n) is 5.17. The van der Waals surface area contributed by atoms with E-state index in [9.17, 15) is 13.2 Å². The molecule has 7 heteroatoms. The predicted molar refractivity (Wildman–Crippen MR) is 73.5 cm³/mol. The van der Waals surface area contributed by atoms with Gasteiger partial charge in [0, 0.05) is 12.1 Å². The molecule has 0 fully saturated rings. The number of amides is 1. The Kier molecular flexibility index (Phi) is 4.52. The largest absolute Gasteiger partial charge is 0.444 e. The average Bonchev–Trinajstić information content (AvgIpc) is 2.11. The number of carbonyl (C=O) groups is 1. The van der Waals surface area contributed by atoms with Gasteiger partial charge in [0.2, 0.25) is 10.0 Å². The molecule has 0 unspecified atom stereocenters. The van der Waals surface area contributed by atoms with E-state index in [2.05, 4.69) is 9.71 Å². The zero-order valence-electron chi connectivity index (χ0n) is 11.4. The summed E-state index contributed by atoms with van der Waals surface area (Å²) in [6, 6.07) is 0. The molecular weight excluding hydrogens is 268 g/mol. The zero-order valence-corrected chi connectivity index (χ0v) is 12.2. The number of carbonyl (C=O) groups excluding carboxylic acids is 1. The zero-order chi connectivity index (χ0) is 14.7. The monoisotopic (exact) mass is 286 g/mol. The molecule has 1 N–H and O–H groups in total. The number of allylic oxidation sites excluding steroid dienone is 4. The fourth-order valence-corrected chi connectivity index (χ4v) is 1.94. The standard InChI is InChI=1S/C12H18N2O4S/c1-12(2,3)18-11(15)13-9-6-5-7-10(8-9)14-19(4,16)17/h5-7H,8H2,1-4H3,(H,13,15). The summed E-state index contributed by atoms with van der Waals surface area (Å²) in [6.45, 7) is 5.29. The van der Waals surface area contributed by atoms with E-state index in [1.807, 2.05) is 0 Å². The molecule has 0 bridgehead atoms. The van der Waals surface area contributed by atoms with E-state index >= 15 is 0 Å². The lowest BCUT2D eigenvalue weighted by Crippen LogP contribution is -2.32. The quantitative estimate of drug-likeness (QED) is 0.838. The van der Waals surface area contributed by atoms with Gasteiger partial charge in [0.15, 0.2) is 0 Å². The van der Waals surface area contributed by atoms with Crippen molar-refractivity contribution in [3.05, 3.63) is 23.9 Å². The van der Waals surface area contributed by atoms with Gasteiger partial charge < -0.3 is 4.74 Å². The lowest BCUT2D eigenvalue weighted by molar-refractivity contribution is 0.0545. The Bertz CT molecular complexity index is 551. The van der Waals surface area contributed by atoms with Gasteiger partial charge in [-0.1, -0.05) is 6.08 Å². The maximum atomic E-state index is 11.6. The number of nitrogens with zero attached hydrogens (tertiary/aromatic N) is 1. The Balaban J connectivity index is 2.68. The number of alkyl carbamates (subject to hydrolysis) is 1. The fourth-order valence-electron chi connectivity index (χ4n) is 1.38. The van der Waals surface area contributed by atoms with Crippen LogP contribution in [0.5, 0.6) is 0 Å².